The van der Waals surface area contributed by atoms with Gasteiger partial charge in [0, 0.05) is 54.9 Å². The largest absolute Gasteiger partial charge is 0.507 e. The van der Waals surface area contributed by atoms with E-state index in [2.05, 4.69) is 27.0 Å². The number of aromatic nitrogens is 3. The Morgan fingerprint density at radius 1 is 1.03 bits per heavy atom. The van der Waals surface area contributed by atoms with E-state index in [1.807, 2.05) is 38.1 Å². The Kier molecular flexibility index (Phi) is 6.24. The molecule has 1 aliphatic heterocycles. The molecule has 4 rings (SSSR count). The second-order valence-corrected chi connectivity index (χ2v) is 9.00. The van der Waals surface area contributed by atoms with Gasteiger partial charge in [-0.05, 0) is 49.7 Å². The molecule has 0 radical (unpaired) electrons. The summed E-state index contributed by atoms with van der Waals surface area (Å²) in [5.41, 5.74) is 9.47. The van der Waals surface area contributed by atoms with Crippen LogP contribution in [0.25, 0.3) is 17.1 Å². The lowest BCUT2D eigenvalue weighted by molar-refractivity contribution is 0.313. The highest BCUT2D eigenvalue weighted by molar-refractivity contribution is 6.04. The van der Waals surface area contributed by atoms with Crippen molar-refractivity contribution in [2.24, 2.45) is 5.92 Å². The molecule has 0 bridgehead atoms. The van der Waals surface area contributed by atoms with Gasteiger partial charge in [0.05, 0.1) is 11.3 Å². The Labute approximate surface area is 193 Å². The van der Waals surface area contributed by atoms with Gasteiger partial charge < -0.3 is 31.2 Å². The SMILES string of the molecule is CC(C)CC(=N)c1cc(-c2nnc(O)n2-c2ccc(N3CCN(C)CC3)cc2)c(O)cc1N. The highest BCUT2D eigenvalue weighted by Gasteiger charge is 2.21. The van der Waals surface area contributed by atoms with Crippen molar-refractivity contribution in [3.8, 4) is 28.8 Å². The summed E-state index contributed by atoms with van der Waals surface area (Å²) in [6.07, 6.45) is 0.556. The molecule has 1 fully saturated rings. The minimum Gasteiger partial charge on any atom is -0.507 e. The zero-order valence-corrected chi connectivity index (χ0v) is 19.3. The van der Waals surface area contributed by atoms with Crippen LogP contribution in [0.1, 0.15) is 25.8 Å². The number of benzene rings is 2. The first kappa shape index (κ1) is 22.6. The Bertz CT molecular complexity index is 1150. The fourth-order valence-electron chi connectivity index (χ4n) is 4.13. The van der Waals surface area contributed by atoms with Gasteiger partial charge in [-0.1, -0.05) is 18.9 Å². The molecule has 33 heavy (non-hydrogen) atoms. The molecule has 2 aromatic carbocycles. The lowest BCUT2D eigenvalue weighted by Gasteiger charge is -2.34. The van der Waals surface area contributed by atoms with E-state index in [1.165, 1.54) is 10.6 Å². The van der Waals surface area contributed by atoms with Crippen LogP contribution in [0, 0.1) is 11.3 Å². The minimum atomic E-state index is -0.285. The van der Waals surface area contributed by atoms with Crippen LogP contribution in [0.3, 0.4) is 0 Å². The molecular formula is C24H31N7O2. The van der Waals surface area contributed by atoms with Crippen LogP contribution in [0.15, 0.2) is 36.4 Å². The summed E-state index contributed by atoms with van der Waals surface area (Å²) in [6, 6.07) is 10.6. The fraction of sp³-hybridized carbons (Fsp3) is 0.375. The quantitative estimate of drug-likeness (QED) is 0.336. The molecule has 0 amide bonds. The summed E-state index contributed by atoms with van der Waals surface area (Å²) in [5.74, 6) is 0.480. The number of likely N-dealkylation sites (N-methyl/N-ethyl adjacent to an activating group) is 1. The average Bonchev–Trinajstić information content (AvgIpc) is 3.15. The first-order valence-electron chi connectivity index (χ1n) is 11.1. The van der Waals surface area contributed by atoms with Crippen molar-refractivity contribution in [1.29, 1.82) is 5.41 Å². The van der Waals surface area contributed by atoms with Crippen molar-refractivity contribution in [3.05, 3.63) is 42.0 Å². The number of nitrogens with one attached hydrogen (secondary N) is 1. The fourth-order valence-corrected chi connectivity index (χ4v) is 4.13. The zero-order chi connectivity index (χ0) is 23.7. The first-order valence-corrected chi connectivity index (χ1v) is 11.1. The van der Waals surface area contributed by atoms with E-state index in [9.17, 15) is 10.2 Å². The second kappa shape index (κ2) is 9.11. The van der Waals surface area contributed by atoms with Crippen molar-refractivity contribution in [3.63, 3.8) is 0 Å². The van der Waals surface area contributed by atoms with Crippen molar-refractivity contribution in [2.75, 3.05) is 43.9 Å². The molecule has 0 unspecified atom stereocenters. The van der Waals surface area contributed by atoms with E-state index in [4.69, 9.17) is 11.1 Å². The van der Waals surface area contributed by atoms with E-state index < -0.39 is 0 Å². The van der Waals surface area contributed by atoms with Gasteiger partial charge in [0.2, 0.25) is 0 Å². The molecule has 0 aliphatic carbocycles. The lowest BCUT2D eigenvalue weighted by Crippen LogP contribution is -2.44. The van der Waals surface area contributed by atoms with E-state index in [0.717, 1.165) is 31.9 Å². The van der Waals surface area contributed by atoms with Crippen LogP contribution >= 0.6 is 0 Å². The summed E-state index contributed by atoms with van der Waals surface area (Å²) in [7, 11) is 2.12. The maximum absolute atomic E-state index is 10.6. The van der Waals surface area contributed by atoms with Crippen molar-refractivity contribution in [1.82, 2.24) is 19.7 Å². The molecule has 0 atom stereocenters. The van der Waals surface area contributed by atoms with Gasteiger partial charge in [-0.15, -0.1) is 5.10 Å². The monoisotopic (exact) mass is 449 g/mol. The Morgan fingerprint density at radius 3 is 2.30 bits per heavy atom. The predicted molar refractivity (Wildman–Crippen MR) is 131 cm³/mol. The number of nitrogen functional groups attached to an aromatic ring is 1. The third-order valence-corrected chi connectivity index (χ3v) is 5.97. The molecule has 5 N–H and O–H groups in total. The Morgan fingerprint density at radius 2 is 1.67 bits per heavy atom. The highest BCUT2D eigenvalue weighted by atomic mass is 16.3. The topological polar surface area (TPSA) is 128 Å². The second-order valence-electron chi connectivity index (χ2n) is 9.00. The normalized spacial score (nSPS) is 14.7. The number of hydrogen-bond acceptors (Lipinski definition) is 8. The van der Waals surface area contributed by atoms with Crippen LogP contribution < -0.4 is 10.6 Å². The highest BCUT2D eigenvalue weighted by Crippen LogP contribution is 2.36. The standard InChI is InChI=1S/C24H31N7O2/c1-15(2)12-20(25)18-13-19(22(32)14-21(18)26)23-27-28-24(33)31(23)17-6-4-16(5-7-17)30-10-8-29(3)9-11-30/h4-7,13-15,25,32H,8-12,26H2,1-3H3,(H,28,33). The van der Waals surface area contributed by atoms with E-state index in [-0.39, 0.29) is 17.6 Å². The molecule has 0 spiro atoms. The molecule has 174 valence electrons. The first-order chi connectivity index (χ1) is 15.7. The summed E-state index contributed by atoms with van der Waals surface area (Å²) in [6.45, 7) is 8.03. The lowest BCUT2D eigenvalue weighted by atomic mass is 9.97. The molecule has 9 nitrogen and oxygen atoms in total. The summed E-state index contributed by atoms with van der Waals surface area (Å²) in [4.78, 5) is 4.63. The van der Waals surface area contributed by atoms with Crippen LogP contribution in [-0.4, -0.2) is 68.8 Å². The van der Waals surface area contributed by atoms with Gasteiger partial charge in [0.15, 0.2) is 5.82 Å². The summed E-state index contributed by atoms with van der Waals surface area (Å²) >= 11 is 0. The Balaban J connectivity index is 1.69. The summed E-state index contributed by atoms with van der Waals surface area (Å²) in [5, 5.41) is 37.5. The van der Waals surface area contributed by atoms with E-state index in [0.29, 0.717) is 40.6 Å². The van der Waals surface area contributed by atoms with Gasteiger partial charge >= 0.3 is 6.01 Å². The predicted octanol–water partition coefficient (Wildman–Crippen LogP) is 3.09. The average molecular weight is 450 g/mol. The maximum Gasteiger partial charge on any atom is 0.319 e. The van der Waals surface area contributed by atoms with Crippen LogP contribution in [0.2, 0.25) is 0 Å². The van der Waals surface area contributed by atoms with Crippen LogP contribution in [0.4, 0.5) is 11.4 Å². The minimum absolute atomic E-state index is 0.0868. The molecular weight excluding hydrogens is 418 g/mol. The van der Waals surface area contributed by atoms with E-state index in [1.54, 1.807) is 6.07 Å². The smallest absolute Gasteiger partial charge is 0.319 e. The number of phenolic OH excluding ortho intramolecular Hbond substituents is 1. The van der Waals surface area contributed by atoms with E-state index >= 15 is 0 Å². The number of anilines is 2. The zero-order valence-electron chi connectivity index (χ0n) is 19.3. The van der Waals surface area contributed by atoms with Crippen LogP contribution in [0.5, 0.6) is 11.8 Å². The molecule has 0 saturated carbocycles. The number of nitrogens with two attached hydrogens (primary N) is 1. The number of rotatable bonds is 6. The number of piperazine rings is 1. The molecule has 1 aliphatic rings. The van der Waals surface area contributed by atoms with Crippen LogP contribution in [-0.2, 0) is 0 Å². The molecule has 9 heteroatoms. The van der Waals surface area contributed by atoms with Gasteiger partial charge in [0.25, 0.3) is 0 Å². The third-order valence-electron chi connectivity index (χ3n) is 5.97. The molecule has 1 saturated heterocycles. The number of hydrogen-bond donors (Lipinski definition) is 4. The van der Waals surface area contributed by atoms with Gasteiger partial charge in [0.1, 0.15) is 5.75 Å². The number of nitrogens with zero attached hydrogens (tertiary/aromatic N) is 5. The van der Waals surface area contributed by atoms with Crippen molar-refractivity contribution in [2.45, 2.75) is 20.3 Å². The van der Waals surface area contributed by atoms with Gasteiger partial charge in [-0.2, -0.15) is 0 Å². The number of aromatic hydroxyl groups is 2. The molecule has 1 aromatic heterocycles. The van der Waals surface area contributed by atoms with Crippen molar-refractivity contribution >= 4 is 17.1 Å². The maximum atomic E-state index is 10.6. The van der Waals surface area contributed by atoms with Gasteiger partial charge in [-0.25, -0.2) is 4.57 Å². The Hall–Kier alpha value is -3.59. The number of phenols is 1. The molecule has 3 aromatic rings. The molecule has 2 heterocycles. The van der Waals surface area contributed by atoms with Crippen molar-refractivity contribution < 1.29 is 10.2 Å². The third kappa shape index (κ3) is 4.63. The van der Waals surface area contributed by atoms with Gasteiger partial charge in [-0.3, -0.25) is 0 Å². The summed E-state index contributed by atoms with van der Waals surface area (Å²) < 4.78 is 1.48.